The van der Waals surface area contributed by atoms with E-state index in [4.69, 9.17) is 4.74 Å². The van der Waals surface area contributed by atoms with Crippen LogP contribution in [0.5, 0.6) is 0 Å². The minimum Gasteiger partial charge on any atom is -0.475 e. The van der Waals surface area contributed by atoms with Crippen molar-refractivity contribution in [2.75, 3.05) is 6.61 Å². The number of hydrogen-bond acceptors (Lipinski definition) is 3. The van der Waals surface area contributed by atoms with Crippen molar-refractivity contribution in [3.63, 3.8) is 0 Å². The summed E-state index contributed by atoms with van der Waals surface area (Å²) in [7, 11) is 0. The van der Waals surface area contributed by atoms with Gasteiger partial charge in [0.2, 0.25) is 5.90 Å². The van der Waals surface area contributed by atoms with Gasteiger partial charge in [-0.15, -0.1) is 0 Å². The van der Waals surface area contributed by atoms with E-state index in [1.54, 1.807) is 0 Å². The fraction of sp³-hybridized carbons (Fsp3) is 0.500. The maximum absolute atomic E-state index is 9.30. The largest absolute Gasteiger partial charge is 0.475 e. The molecule has 1 aliphatic heterocycles. The smallest absolute Gasteiger partial charge is 0.217 e. The Balaban J connectivity index is 2.56. The molecule has 1 atom stereocenters. The number of nitrogens with zero attached hydrogens (tertiary/aromatic N) is 2. The zero-order valence-corrected chi connectivity index (χ0v) is 12.0. The van der Waals surface area contributed by atoms with Crippen LogP contribution in [0.3, 0.4) is 0 Å². The average molecular weight is 256 g/mol. The Kier molecular flexibility index (Phi) is 3.61. The summed E-state index contributed by atoms with van der Waals surface area (Å²) < 4.78 is 5.73. The molecule has 0 N–H and O–H groups in total. The Morgan fingerprint density at radius 1 is 1.47 bits per heavy atom. The average Bonchev–Trinajstić information content (AvgIpc) is 2.77. The zero-order chi connectivity index (χ0) is 14.0. The second-order valence-electron chi connectivity index (χ2n) is 5.71. The Labute approximate surface area is 114 Å². The van der Waals surface area contributed by atoms with Gasteiger partial charge in [-0.05, 0) is 43.9 Å². The first kappa shape index (κ1) is 13.6. The molecule has 1 aromatic carbocycles. The molecule has 1 aromatic rings. The summed E-state index contributed by atoms with van der Waals surface area (Å²) in [6.07, 6.45) is 0.988. The molecule has 100 valence electrons. The molecule has 1 aliphatic rings. The fourth-order valence-corrected chi connectivity index (χ4v) is 2.31. The first-order valence-electron chi connectivity index (χ1n) is 6.74. The van der Waals surface area contributed by atoms with E-state index in [0.29, 0.717) is 18.4 Å². The first-order chi connectivity index (χ1) is 8.98. The molecule has 0 bridgehead atoms. The molecule has 0 saturated carbocycles. The summed E-state index contributed by atoms with van der Waals surface area (Å²) in [5, 5.41) is 9.30. The summed E-state index contributed by atoms with van der Waals surface area (Å²) in [5.74, 6) is 0.998. The molecule has 0 radical (unpaired) electrons. The van der Waals surface area contributed by atoms with Crippen molar-refractivity contribution >= 4 is 5.90 Å². The van der Waals surface area contributed by atoms with E-state index in [1.165, 1.54) is 0 Å². The first-order valence-corrected chi connectivity index (χ1v) is 6.74. The molecular formula is C16H20N2O. The Bertz CT molecular complexity index is 552. The van der Waals surface area contributed by atoms with Crippen molar-refractivity contribution in [1.82, 2.24) is 0 Å². The lowest BCUT2D eigenvalue weighted by Gasteiger charge is -2.16. The van der Waals surface area contributed by atoms with Crippen molar-refractivity contribution in [2.45, 2.75) is 45.6 Å². The molecular weight excluding hydrogens is 236 g/mol. The molecule has 0 amide bonds. The van der Waals surface area contributed by atoms with Gasteiger partial charge in [0.05, 0.1) is 17.2 Å². The zero-order valence-electron chi connectivity index (χ0n) is 12.0. The van der Waals surface area contributed by atoms with E-state index in [9.17, 15) is 5.26 Å². The van der Waals surface area contributed by atoms with Gasteiger partial charge < -0.3 is 4.74 Å². The molecule has 3 heteroatoms. The molecule has 0 spiro atoms. The molecule has 3 nitrogen and oxygen atoms in total. The van der Waals surface area contributed by atoms with Gasteiger partial charge in [0.1, 0.15) is 6.61 Å². The third-order valence-corrected chi connectivity index (χ3v) is 3.53. The van der Waals surface area contributed by atoms with E-state index in [1.807, 2.05) is 18.2 Å². The summed E-state index contributed by atoms with van der Waals surface area (Å²) in [5.41, 5.74) is 2.58. The van der Waals surface area contributed by atoms with Crippen LogP contribution >= 0.6 is 0 Å². The molecule has 1 heterocycles. The van der Waals surface area contributed by atoms with Gasteiger partial charge in [-0.25, -0.2) is 4.99 Å². The quantitative estimate of drug-likeness (QED) is 0.829. The van der Waals surface area contributed by atoms with Crippen molar-refractivity contribution in [1.29, 1.82) is 5.26 Å². The highest BCUT2D eigenvalue weighted by Gasteiger charge is 2.29. The molecule has 0 aromatic heterocycles. The van der Waals surface area contributed by atoms with Crippen molar-refractivity contribution < 1.29 is 4.74 Å². The lowest BCUT2D eigenvalue weighted by atomic mass is 9.89. The maximum atomic E-state index is 9.30. The third-order valence-electron chi connectivity index (χ3n) is 3.53. The van der Waals surface area contributed by atoms with Crippen LogP contribution in [0.25, 0.3) is 0 Å². The predicted octanol–water partition coefficient (Wildman–Crippen LogP) is 3.63. The van der Waals surface area contributed by atoms with E-state index < -0.39 is 0 Å². The van der Waals surface area contributed by atoms with E-state index in [0.717, 1.165) is 23.1 Å². The second kappa shape index (κ2) is 5.05. The topological polar surface area (TPSA) is 45.4 Å². The third kappa shape index (κ3) is 2.63. The summed E-state index contributed by atoms with van der Waals surface area (Å²) in [6, 6.07) is 8.05. The summed E-state index contributed by atoms with van der Waals surface area (Å²) in [4.78, 5) is 4.63. The van der Waals surface area contributed by atoms with E-state index in [2.05, 4.69) is 38.8 Å². The van der Waals surface area contributed by atoms with Crippen LogP contribution in [0.2, 0.25) is 0 Å². The van der Waals surface area contributed by atoms with Crippen LogP contribution in [0.1, 0.15) is 56.7 Å². The number of nitriles is 1. The van der Waals surface area contributed by atoms with Crippen molar-refractivity contribution in [2.24, 2.45) is 4.99 Å². The molecule has 1 unspecified atom stereocenters. The Hall–Kier alpha value is -1.82. The number of rotatable bonds is 3. The lowest BCUT2D eigenvalue weighted by molar-refractivity contribution is 0.279. The van der Waals surface area contributed by atoms with Crippen molar-refractivity contribution in [3.05, 3.63) is 34.9 Å². The summed E-state index contributed by atoms with van der Waals surface area (Å²) in [6.45, 7) is 8.97. The van der Waals surface area contributed by atoms with Gasteiger partial charge in [-0.1, -0.05) is 19.9 Å². The number of ether oxygens (including phenoxy) is 1. The summed E-state index contributed by atoms with van der Waals surface area (Å²) >= 11 is 0. The van der Waals surface area contributed by atoms with E-state index in [-0.39, 0.29) is 5.54 Å². The number of aliphatic imine (C=N–C) groups is 1. The second-order valence-corrected chi connectivity index (χ2v) is 5.71. The van der Waals surface area contributed by atoms with Gasteiger partial charge in [-0.3, -0.25) is 0 Å². The maximum Gasteiger partial charge on any atom is 0.217 e. The van der Waals surface area contributed by atoms with Gasteiger partial charge in [0.15, 0.2) is 0 Å². The normalized spacial score (nSPS) is 18.4. The monoisotopic (exact) mass is 256 g/mol. The minimum atomic E-state index is -0.176. The molecule has 19 heavy (non-hydrogen) atoms. The Morgan fingerprint density at radius 2 is 2.21 bits per heavy atom. The van der Waals surface area contributed by atoms with Crippen LogP contribution in [0, 0.1) is 11.3 Å². The molecule has 0 aliphatic carbocycles. The standard InChI is InChI=1S/C16H20N2O/c1-5-11(2)14-12(9-17)7-6-8-13(14)15-18-16(3,4)10-19-15/h6-8,11H,5,10H2,1-4H3. The fourth-order valence-electron chi connectivity index (χ4n) is 2.31. The van der Waals surface area contributed by atoms with Gasteiger partial charge in [-0.2, -0.15) is 5.26 Å². The minimum absolute atomic E-state index is 0.176. The molecule has 2 rings (SSSR count). The van der Waals surface area contributed by atoms with E-state index >= 15 is 0 Å². The van der Waals surface area contributed by atoms with Crippen molar-refractivity contribution in [3.8, 4) is 6.07 Å². The van der Waals surface area contributed by atoms with Crippen LogP contribution in [0.15, 0.2) is 23.2 Å². The Morgan fingerprint density at radius 3 is 2.74 bits per heavy atom. The highest BCUT2D eigenvalue weighted by Crippen LogP contribution is 2.30. The highest BCUT2D eigenvalue weighted by atomic mass is 16.5. The predicted molar refractivity (Wildman–Crippen MR) is 76.4 cm³/mol. The molecule has 0 saturated heterocycles. The highest BCUT2D eigenvalue weighted by molar-refractivity contribution is 5.97. The molecule has 0 fully saturated rings. The number of benzene rings is 1. The van der Waals surface area contributed by atoms with Crippen LogP contribution in [-0.4, -0.2) is 18.0 Å². The van der Waals surface area contributed by atoms with Gasteiger partial charge >= 0.3 is 0 Å². The SMILES string of the molecule is CCC(C)c1c(C#N)cccc1C1=NC(C)(C)CO1. The van der Waals surface area contributed by atoms with Gasteiger partial charge in [0.25, 0.3) is 0 Å². The number of hydrogen-bond donors (Lipinski definition) is 0. The van der Waals surface area contributed by atoms with Crippen LogP contribution < -0.4 is 0 Å². The van der Waals surface area contributed by atoms with Gasteiger partial charge in [0, 0.05) is 5.56 Å². The lowest BCUT2D eigenvalue weighted by Crippen LogP contribution is -2.17. The van der Waals surface area contributed by atoms with Crippen LogP contribution in [-0.2, 0) is 4.74 Å². The van der Waals surface area contributed by atoms with Crippen LogP contribution in [0.4, 0.5) is 0 Å².